The fourth-order valence-electron chi connectivity index (χ4n) is 11.3. The summed E-state index contributed by atoms with van der Waals surface area (Å²) in [6.45, 7) is 0. The Kier molecular flexibility index (Phi) is 7.66. The van der Waals surface area contributed by atoms with Crippen molar-refractivity contribution in [2.75, 3.05) is 0 Å². The molecule has 0 fully saturated rings. The van der Waals surface area contributed by atoms with Crippen LogP contribution in [0.15, 0.2) is 214 Å². The summed E-state index contributed by atoms with van der Waals surface area (Å²) in [5.74, 6) is 1.62. The van der Waals surface area contributed by atoms with E-state index in [1.54, 1.807) is 0 Å². The standard InChI is InChI=1S/C58H39N5S/c1-3-17-36(18-4-1)55-59-56(37-19-5-2-6-20-37)61-57(60-55)38-21-15-22-39(35-38)62-48-30-12-8-24-42(48)52-50(62)34-33-46-54(52)64-51-32-14-10-27-44(51)58(46)43-26-9-13-31-49(43)63-47-29-11-7-23-40(47)41-25-16-28-45(58)53(41)63/h1-7,9-23,25-35,55H,8,24H2,(H,59,60,61). The predicted molar refractivity (Wildman–Crippen MR) is 263 cm³/mol. The van der Waals surface area contributed by atoms with Gasteiger partial charge in [0.25, 0.3) is 0 Å². The largest absolute Gasteiger partial charge is 0.324 e. The quantitative estimate of drug-likeness (QED) is 0.192. The Balaban J connectivity index is 1.00. The maximum absolute atomic E-state index is 5.25. The SMILES string of the molecule is C1=Cc2c(c3c4c(ccc3n2-c2cccc(C3=NC(c5ccccc5)N=C(c5ccccc5)N3)c2)C2(c3ccccc3S4)c3ccccc3-n3c4ccccc4c4cccc2c43)CC1. The monoisotopic (exact) mass is 837 g/mol. The van der Waals surface area contributed by atoms with Gasteiger partial charge in [-0.3, -0.25) is 0 Å². The second-order valence-electron chi connectivity index (χ2n) is 17.2. The van der Waals surface area contributed by atoms with Gasteiger partial charge in [0.2, 0.25) is 0 Å². The molecule has 10 aromatic rings. The lowest BCUT2D eigenvalue weighted by Gasteiger charge is -2.45. The van der Waals surface area contributed by atoms with E-state index in [1.807, 2.05) is 23.9 Å². The van der Waals surface area contributed by atoms with Gasteiger partial charge in [-0.05, 0) is 88.7 Å². The number of benzene rings is 8. The minimum Gasteiger partial charge on any atom is -0.324 e. The van der Waals surface area contributed by atoms with Crippen LogP contribution in [0.3, 0.4) is 0 Å². The van der Waals surface area contributed by atoms with Crippen LogP contribution in [0.4, 0.5) is 0 Å². The fourth-order valence-corrected chi connectivity index (χ4v) is 12.6. The minimum absolute atomic E-state index is 0.366. The average Bonchev–Trinajstić information content (AvgIpc) is 3.90. The van der Waals surface area contributed by atoms with Crippen LogP contribution in [-0.4, -0.2) is 20.8 Å². The molecule has 14 rings (SSSR count). The Hall–Kier alpha value is -7.67. The second-order valence-corrected chi connectivity index (χ2v) is 18.2. The fraction of sp³-hybridized carbons (Fsp3) is 0.0690. The number of nitrogens with zero attached hydrogens (tertiary/aromatic N) is 4. The number of amidine groups is 2. The van der Waals surface area contributed by atoms with E-state index in [2.05, 4.69) is 203 Å². The van der Waals surface area contributed by atoms with E-state index in [1.165, 1.54) is 81.7 Å². The Labute approximate surface area is 374 Å². The molecule has 1 aliphatic carbocycles. The molecule has 5 heterocycles. The van der Waals surface area contributed by atoms with Gasteiger partial charge in [0.15, 0.2) is 6.17 Å². The third-order valence-corrected chi connectivity index (χ3v) is 15.1. The number of para-hydroxylation sites is 3. The van der Waals surface area contributed by atoms with Crippen LogP contribution in [0.5, 0.6) is 0 Å². The van der Waals surface area contributed by atoms with Crippen LogP contribution in [0, 0.1) is 0 Å². The van der Waals surface area contributed by atoms with Crippen LogP contribution in [0.1, 0.15) is 62.8 Å². The van der Waals surface area contributed by atoms with Crippen LogP contribution in [0.2, 0.25) is 0 Å². The van der Waals surface area contributed by atoms with Crippen molar-refractivity contribution in [2.24, 2.45) is 9.98 Å². The molecule has 0 saturated heterocycles. The predicted octanol–water partition coefficient (Wildman–Crippen LogP) is 13.3. The van der Waals surface area contributed by atoms with Gasteiger partial charge in [-0.25, -0.2) is 9.98 Å². The molecule has 5 nitrogen and oxygen atoms in total. The van der Waals surface area contributed by atoms with E-state index in [-0.39, 0.29) is 6.17 Å². The van der Waals surface area contributed by atoms with Crippen LogP contribution in [0.25, 0.3) is 50.2 Å². The third kappa shape index (κ3) is 4.91. The van der Waals surface area contributed by atoms with Gasteiger partial charge in [0.1, 0.15) is 11.7 Å². The van der Waals surface area contributed by atoms with Crippen molar-refractivity contribution in [1.29, 1.82) is 0 Å². The average molecular weight is 838 g/mol. The lowest BCUT2D eigenvalue weighted by molar-refractivity contribution is 0.692. The number of aliphatic imine (C=N–C) groups is 2. The van der Waals surface area contributed by atoms with Crippen molar-refractivity contribution in [3.63, 3.8) is 0 Å². The molecule has 0 saturated carbocycles. The van der Waals surface area contributed by atoms with Crippen molar-refractivity contribution >= 4 is 62.2 Å². The van der Waals surface area contributed by atoms with E-state index in [0.29, 0.717) is 0 Å². The number of fused-ring (bicyclic) bond motifs is 15. The number of hydrogen-bond donors (Lipinski definition) is 1. The summed E-state index contributed by atoms with van der Waals surface area (Å²) in [6, 6.07) is 68.7. The van der Waals surface area contributed by atoms with Crippen molar-refractivity contribution < 1.29 is 0 Å². The lowest BCUT2D eigenvalue weighted by atomic mass is 9.62. The van der Waals surface area contributed by atoms with E-state index >= 15 is 0 Å². The van der Waals surface area contributed by atoms with Gasteiger partial charge < -0.3 is 14.5 Å². The molecule has 302 valence electrons. The van der Waals surface area contributed by atoms with Gasteiger partial charge in [-0.1, -0.05) is 169 Å². The Morgan fingerprint density at radius 3 is 2.16 bits per heavy atom. The molecule has 0 bridgehead atoms. The normalized spacial score (nSPS) is 18.0. The van der Waals surface area contributed by atoms with Crippen molar-refractivity contribution in [3.8, 4) is 11.4 Å². The van der Waals surface area contributed by atoms with Crippen LogP contribution in [-0.2, 0) is 11.8 Å². The first-order chi connectivity index (χ1) is 31.8. The first-order valence-electron chi connectivity index (χ1n) is 22.2. The summed E-state index contributed by atoms with van der Waals surface area (Å²) in [6.07, 6.45) is 6.31. The third-order valence-electron chi connectivity index (χ3n) is 13.9. The molecular weight excluding hydrogens is 799 g/mol. The number of aromatic nitrogens is 2. The highest BCUT2D eigenvalue weighted by atomic mass is 32.2. The highest BCUT2D eigenvalue weighted by molar-refractivity contribution is 7.99. The zero-order chi connectivity index (χ0) is 41.9. The molecule has 6 heteroatoms. The molecule has 1 N–H and O–H groups in total. The topological polar surface area (TPSA) is 46.6 Å². The molecule has 2 aromatic heterocycles. The Bertz CT molecular complexity index is 3690. The lowest BCUT2D eigenvalue weighted by Crippen LogP contribution is -2.37. The van der Waals surface area contributed by atoms with E-state index < -0.39 is 5.41 Å². The zero-order valence-corrected chi connectivity index (χ0v) is 35.6. The number of hydrogen-bond acceptors (Lipinski definition) is 4. The Morgan fingerprint density at radius 1 is 0.562 bits per heavy atom. The second kappa shape index (κ2) is 13.7. The zero-order valence-electron chi connectivity index (χ0n) is 34.7. The van der Waals surface area contributed by atoms with E-state index in [0.717, 1.165) is 46.9 Å². The number of nitrogens with one attached hydrogen (secondary N) is 1. The van der Waals surface area contributed by atoms with Gasteiger partial charge in [0.05, 0.1) is 27.7 Å². The molecule has 8 aromatic carbocycles. The maximum atomic E-state index is 5.25. The van der Waals surface area contributed by atoms with Crippen molar-refractivity contribution in [2.45, 2.75) is 34.2 Å². The summed E-state index contributed by atoms with van der Waals surface area (Å²) in [4.78, 5) is 13.0. The van der Waals surface area contributed by atoms with Crippen LogP contribution < -0.4 is 5.32 Å². The summed E-state index contributed by atoms with van der Waals surface area (Å²) >= 11 is 1.95. The van der Waals surface area contributed by atoms with E-state index in [4.69, 9.17) is 9.98 Å². The summed E-state index contributed by atoms with van der Waals surface area (Å²) in [7, 11) is 0. The smallest absolute Gasteiger partial charge is 0.169 e. The molecule has 3 aliphatic heterocycles. The first kappa shape index (κ1) is 35.9. The summed E-state index contributed by atoms with van der Waals surface area (Å²) in [5, 5.41) is 7.58. The number of aryl methyl sites for hydroxylation is 1. The van der Waals surface area contributed by atoms with Gasteiger partial charge in [-0.15, -0.1) is 0 Å². The summed E-state index contributed by atoms with van der Waals surface area (Å²) in [5.41, 5.74) is 16.7. The minimum atomic E-state index is -0.538. The highest BCUT2D eigenvalue weighted by Crippen LogP contribution is 2.62. The molecule has 1 spiro atoms. The molecule has 0 amide bonds. The van der Waals surface area contributed by atoms with Crippen molar-refractivity contribution in [3.05, 3.63) is 244 Å². The van der Waals surface area contributed by atoms with Gasteiger partial charge in [0, 0.05) is 48.5 Å². The maximum Gasteiger partial charge on any atom is 0.169 e. The molecular formula is C58H39N5S. The summed E-state index contributed by atoms with van der Waals surface area (Å²) < 4.78 is 5.02. The first-order valence-corrected chi connectivity index (χ1v) is 23.0. The van der Waals surface area contributed by atoms with Crippen molar-refractivity contribution in [1.82, 2.24) is 14.5 Å². The van der Waals surface area contributed by atoms with Gasteiger partial charge in [-0.2, -0.15) is 0 Å². The van der Waals surface area contributed by atoms with Gasteiger partial charge >= 0.3 is 0 Å². The molecule has 2 unspecified atom stereocenters. The number of rotatable bonds is 4. The Morgan fingerprint density at radius 2 is 1.27 bits per heavy atom. The molecule has 64 heavy (non-hydrogen) atoms. The molecule has 4 aliphatic rings. The molecule has 0 radical (unpaired) electrons. The molecule has 2 atom stereocenters. The highest BCUT2D eigenvalue weighted by Gasteiger charge is 2.50. The van der Waals surface area contributed by atoms with E-state index in [9.17, 15) is 0 Å². The number of allylic oxidation sites excluding steroid dienone is 1. The van der Waals surface area contributed by atoms with Crippen LogP contribution >= 0.6 is 11.8 Å².